The summed E-state index contributed by atoms with van der Waals surface area (Å²) >= 11 is 3.43. The molecule has 0 aromatic carbocycles. The van der Waals surface area contributed by atoms with Crippen LogP contribution in [0.25, 0.3) is 5.65 Å². The van der Waals surface area contributed by atoms with E-state index in [-0.39, 0.29) is 11.3 Å². The van der Waals surface area contributed by atoms with Gasteiger partial charge in [-0.3, -0.25) is 4.40 Å². The van der Waals surface area contributed by atoms with E-state index in [1.54, 1.807) is 23.1 Å². The predicted octanol–water partition coefficient (Wildman–Crippen LogP) is 3.36. The average molecular weight is 304 g/mol. The normalized spacial score (nSPS) is 14.5. The van der Waals surface area contributed by atoms with Crippen molar-refractivity contribution >= 4 is 28.7 Å². The quantitative estimate of drug-likeness (QED) is 0.734. The number of hydrogen-bond acceptors (Lipinski definition) is 5. The summed E-state index contributed by atoms with van der Waals surface area (Å²) in [5.74, 6) is 0. The van der Waals surface area contributed by atoms with E-state index in [0.717, 1.165) is 17.2 Å². The van der Waals surface area contributed by atoms with Crippen molar-refractivity contribution in [2.75, 3.05) is 0 Å². The van der Waals surface area contributed by atoms with Gasteiger partial charge in [-0.2, -0.15) is 0 Å². The minimum atomic E-state index is 0.106. The van der Waals surface area contributed by atoms with Crippen molar-refractivity contribution in [1.29, 1.82) is 0 Å². The van der Waals surface area contributed by atoms with Crippen molar-refractivity contribution in [3.05, 3.63) is 46.8 Å². The minimum absolute atomic E-state index is 0.106. The van der Waals surface area contributed by atoms with E-state index in [2.05, 4.69) is 34.6 Å². The molecule has 4 nitrogen and oxygen atoms in total. The molecule has 3 aromatic heterocycles. The third-order valence-electron chi connectivity index (χ3n) is 3.20. The molecule has 0 saturated heterocycles. The van der Waals surface area contributed by atoms with E-state index in [4.69, 9.17) is 5.73 Å². The average Bonchev–Trinajstić information content (AvgIpc) is 3.13. The summed E-state index contributed by atoms with van der Waals surface area (Å²) in [6, 6.07) is 10.2. The monoisotopic (exact) mass is 304 g/mol. The van der Waals surface area contributed by atoms with Crippen molar-refractivity contribution in [3.63, 3.8) is 0 Å². The van der Waals surface area contributed by atoms with Gasteiger partial charge in [0.05, 0.1) is 5.25 Å². The van der Waals surface area contributed by atoms with Crippen LogP contribution in [0.2, 0.25) is 0 Å². The minimum Gasteiger partial charge on any atom is -0.326 e. The summed E-state index contributed by atoms with van der Waals surface area (Å²) in [6.07, 6.45) is 2.92. The van der Waals surface area contributed by atoms with Crippen molar-refractivity contribution in [2.24, 2.45) is 5.73 Å². The fraction of sp³-hybridized carbons (Fsp3) is 0.286. The second kappa shape index (κ2) is 5.95. The van der Waals surface area contributed by atoms with E-state index in [1.165, 1.54) is 4.88 Å². The lowest BCUT2D eigenvalue weighted by Gasteiger charge is -2.20. The molecule has 0 aliphatic carbocycles. The van der Waals surface area contributed by atoms with Crippen LogP contribution in [0.5, 0.6) is 0 Å². The van der Waals surface area contributed by atoms with E-state index in [9.17, 15) is 0 Å². The van der Waals surface area contributed by atoms with Crippen LogP contribution in [0.4, 0.5) is 0 Å². The summed E-state index contributed by atoms with van der Waals surface area (Å²) < 4.78 is 2.01. The first kappa shape index (κ1) is 13.6. The van der Waals surface area contributed by atoms with Gasteiger partial charge in [0.2, 0.25) is 0 Å². The molecule has 0 aliphatic heterocycles. The smallest absolute Gasteiger partial charge is 0.196 e. The lowest BCUT2D eigenvalue weighted by atomic mass is 10.1. The number of rotatable bonds is 5. The number of nitrogens with zero attached hydrogens (tertiary/aromatic N) is 3. The molecule has 3 heterocycles. The Bertz CT molecular complexity index is 677. The molecule has 3 rings (SSSR count). The highest BCUT2D eigenvalue weighted by Gasteiger charge is 2.23. The Morgan fingerprint density at radius 2 is 2.20 bits per heavy atom. The molecule has 2 N–H and O–H groups in total. The predicted molar refractivity (Wildman–Crippen MR) is 84.2 cm³/mol. The highest BCUT2D eigenvalue weighted by atomic mass is 32.2. The second-order valence-electron chi connectivity index (χ2n) is 4.54. The Labute approximate surface area is 126 Å². The maximum atomic E-state index is 6.30. The van der Waals surface area contributed by atoms with Crippen LogP contribution in [-0.2, 0) is 0 Å². The first-order valence-corrected chi connectivity index (χ1v) is 8.31. The van der Waals surface area contributed by atoms with Gasteiger partial charge in [0, 0.05) is 17.1 Å². The van der Waals surface area contributed by atoms with Crippen LogP contribution in [-0.4, -0.2) is 20.6 Å². The van der Waals surface area contributed by atoms with E-state index >= 15 is 0 Å². The lowest BCUT2D eigenvalue weighted by molar-refractivity contribution is 0.638. The Morgan fingerprint density at radius 1 is 1.30 bits per heavy atom. The van der Waals surface area contributed by atoms with Gasteiger partial charge >= 0.3 is 0 Å². The van der Waals surface area contributed by atoms with E-state index in [1.807, 2.05) is 28.8 Å². The highest BCUT2D eigenvalue weighted by Crippen LogP contribution is 2.39. The van der Waals surface area contributed by atoms with Crippen LogP contribution in [0.1, 0.15) is 23.5 Å². The molecule has 6 heteroatoms. The molecule has 2 atom stereocenters. The fourth-order valence-electron chi connectivity index (χ4n) is 2.04. The zero-order valence-corrected chi connectivity index (χ0v) is 12.8. The van der Waals surface area contributed by atoms with Gasteiger partial charge in [-0.15, -0.1) is 21.5 Å². The molecule has 0 bridgehead atoms. The molecule has 0 fully saturated rings. The van der Waals surface area contributed by atoms with Gasteiger partial charge in [-0.1, -0.05) is 30.8 Å². The number of nitrogens with two attached hydrogens (primary N) is 1. The molecule has 2 unspecified atom stereocenters. The summed E-state index contributed by atoms with van der Waals surface area (Å²) in [4.78, 5) is 1.29. The van der Waals surface area contributed by atoms with E-state index < -0.39 is 0 Å². The van der Waals surface area contributed by atoms with Gasteiger partial charge in [0.15, 0.2) is 10.8 Å². The number of pyridine rings is 1. The van der Waals surface area contributed by atoms with Crippen LogP contribution < -0.4 is 5.73 Å². The maximum Gasteiger partial charge on any atom is 0.196 e. The molecule has 0 radical (unpaired) electrons. The summed E-state index contributed by atoms with van der Waals surface area (Å²) in [5, 5.41) is 11.7. The third kappa shape index (κ3) is 2.59. The first-order valence-electron chi connectivity index (χ1n) is 6.55. The Kier molecular flexibility index (Phi) is 4.05. The molecule has 0 aliphatic rings. The summed E-state index contributed by atoms with van der Waals surface area (Å²) in [5.41, 5.74) is 7.16. The molecule has 104 valence electrons. The van der Waals surface area contributed by atoms with Gasteiger partial charge in [0.1, 0.15) is 0 Å². The number of hydrogen-bond donors (Lipinski definition) is 1. The lowest BCUT2D eigenvalue weighted by Crippen LogP contribution is -2.25. The zero-order chi connectivity index (χ0) is 13.9. The van der Waals surface area contributed by atoms with Gasteiger partial charge in [0.25, 0.3) is 0 Å². The molecule has 3 aromatic rings. The first-order chi connectivity index (χ1) is 9.79. The molecule has 0 spiro atoms. The highest BCUT2D eigenvalue weighted by molar-refractivity contribution is 7.99. The SMILES string of the molecule is CCC(N)C(Sc1nnc2ccccn12)c1cccs1. The molecule has 0 saturated carbocycles. The van der Waals surface area contributed by atoms with Gasteiger partial charge in [-0.05, 0) is 30.0 Å². The summed E-state index contributed by atoms with van der Waals surface area (Å²) in [6.45, 7) is 2.12. The zero-order valence-electron chi connectivity index (χ0n) is 11.1. The van der Waals surface area contributed by atoms with Crippen LogP contribution in [0, 0.1) is 0 Å². The summed E-state index contributed by atoms with van der Waals surface area (Å²) in [7, 11) is 0. The third-order valence-corrected chi connectivity index (χ3v) is 5.65. The van der Waals surface area contributed by atoms with Crippen molar-refractivity contribution in [1.82, 2.24) is 14.6 Å². The number of fused-ring (bicyclic) bond motifs is 1. The van der Waals surface area contributed by atoms with Gasteiger partial charge in [-0.25, -0.2) is 0 Å². The Morgan fingerprint density at radius 3 is 2.95 bits per heavy atom. The van der Waals surface area contributed by atoms with Crippen molar-refractivity contribution < 1.29 is 0 Å². The second-order valence-corrected chi connectivity index (χ2v) is 6.63. The van der Waals surface area contributed by atoms with E-state index in [0.29, 0.717) is 0 Å². The number of thiophene rings is 1. The number of aromatic nitrogens is 3. The molecule has 0 amide bonds. The molecular weight excluding hydrogens is 288 g/mol. The van der Waals surface area contributed by atoms with Crippen LogP contribution in [0.15, 0.2) is 47.1 Å². The van der Waals surface area contributed by atoms with Crippen molar-refractivity contribution in [3.8, 4) is 0 Å². The Balaban J connectivity index is 1.93. The van der Waals surface area contributed by atoms with Crippen LogP contribution in [0.3, 0.4) is 0 Å². The standard InChI is InChI=1S/C14H16N4S2/c1-2-10(15)13(11-6-5-9-19-11)20-14-17-16-12-7-3-4-8-18(12)14/h3-10,13H,2,15H2,1H3. The Hall–Kier alpha value is -1.37. The molecule has 20 heavy (non-hydrogen) atoms. The largest absolute Gasteiger partial charge is 0.326 e. The molecular formula is C14H16N4S2. The van der Waals surface area contributed by atoms with Crippen LogP contribution >= 0.6 is 23.1 Å². The maximum absolute atomic E-state index is 6.30. The van der Waals surface area contributed by atoms with Crippen molar-refractivity contribution in [2.45, 2.75) is 29.8 Å². The van der Waals surface area contributed by atoms with Gasteiger partial charge < -0.3 is 5.73 Å². The fourth-order valence-corrected chi connectivity index (χ4v) is 4.27. The number of thioether (sulfide) groups is 1. The topological polar surface area (TPSA) is 56.2 Å².